The Morgan fingerprint density at radius 1 is 1.16 bits per heavy atom. The Bertz CT molecular complexity index is 1180. The first-order valence-corrected chi connectivity index (χ1v) is 14.1. The van der Waals surface area contributed by atoms with Crippen molar-refractivity contribution >= 4 is 17.8 Å². The van der Waals surface area contributed by atoms with Gasteiger partial charge in [-0.05, 0) is 26.8 Å². The van der Waals surface area contributed by atoms with Gasteiger partial charge in [0.1, 0.15) is 12.0 Å². The first-order chi connectivity index (χ1) is 19.8. The van der Waals surface area contributed by atoms with Crippen molar-refractivity contribution in [3.63, 3.8) is 0 Å². The van der Waals surface area contributed by atoms with Gasteiger partial charge in [0.05, 0.1) is 18.8 Å². The van der Waals surface area contributed by atoms with Crippen molar-refractivity contribution < 1.29 is 48.2 Å². The normalized spacial score (nSPS) is 32.2. The van der Waals surface area contributed by atoms with E-state index in [1.807, 2.05) is 39.8 Å². The standard InChI is InChI=1S/C30H44N2O4.C2HF3O2/c1-19-9-8-10-27(34)36-18-20(2)11-12-21(3)28(22(4)29(35)23(5)32-24(6)33)26-14-13-25(31)17-30(26,7)16-15-19;3-2(4,5)1(6)7/h8-16,20,22-23,25-26,29,35H,17-18,31H2,1-7H3,(H,32,33);(H,6,7)/b10-8-,12-11-,16-15-,19-9-,28-21-;/t20?,22-,23-,25?,26?,29+,30?;/m1./s1. The summed E-state index contributed by atoms with van der Waals surface area (Å²) in [7, 11) is 0. The van der Waals surface area contributed by atoms with Crippen LogP contribution < -0.4 is 16.2 Å². The number of quaternary nitrogens is 1. The molecule has 0 aromatic carbocycles. The quantitative estimate of drug-likeness (QED) is 0.330. The summed E-state index contributed by atoms with van der Waals surface area (Å²) in [6.07, 6.45) is 12.8. The average Bonchev–Trinajstić information content (AvgIpc) is 2.89. The second kappa shape index (κ2) is 16.4. The lowest BCUT2D eigenvalue weighted by Crippen LogP contribution is -2.62. The van der Waals surface area contributed by atoms with Gasteiger partial charge in [0.25, 0.3) is 0 Å². The highest BCUT2D eigenvalue weighted by Gasteiger charge is 2.41. The third kappa shape index (κ3) is 12.4. The van der Waals surface area contributed by atoms with E-state index in [1.165, 1.54) is 13.0 Å². The maximum atomic E-state index is 12.1. The van der Waals surface area contributed by atoms with Gasteiger partial charge in [-0.25, -0.2) is 4.79 Å². The van der Waals surface area contributed by atoms with E-state index in [0.717, 1.165) is 23.1 Å². The van der Waals surface area contributed by atoms with Gasteiger partial charge in [0.2, 0.25) is 5.91 Å². The van der Waals surface area contributed by atoms with E-state index in [0.29, 0.717) is 0 Å². The molecule has 0 fully saturated rings. The van der Waals surface area contributed by atoms with Gasteiger partial charge in [0, 0.05) is 42.6 Å². The zero-order valence-corrected chi connectivity index (χ0v) is 25.9. The molecule has 0 saturated carbocycles. The number of fused-ring (bicyclic) bond motifs is 1. The zero-order valence-electron chi connectivity index (χ0n) is 25.9. The summed E-state index contributed by atoms with van der Waals surface area (Å²) in [6.45, 7) is 13.9. The fraction of sp³-hybridized carbons (Fsp3) is 0.531. The van der Waals surface area contributed by atoms with Crippen molar-refractivity contribution in [1.29, 1.82) is 0 Å². The Morgan fingerprint density at radius 2 is 1.77 bits per heavy atom. The molecule has 11 heteroatoms. The predicted octanol–water partition coefficient (Wildman–Crippen LogP) is 3.12. The van der Waals surface area contributed by atoms with Crippen LogP contribution in [0.25, 0.3) is 0 Å². The van der Waals surface area contributed by atoms with E-state index >= 15 is 0 Å². The molecule has 2 rings (SSSR count). The second-order valence-electron chi connectivity index (χ2n) is 11.6. The number of aliphatic hydroxyl groups is 1. The number of ether oxygens (including phenoxy) is 1. The number of rotatable bonds is 4. The molecule has 1 aliphatic heterocycles. The lowest BCUT2D eigenvalue weighted by Gasteiger charge is -2.42. The van der Waals surface area contributed by atoms with Crippen LogP contribution in [0.5, 0.6) is 0 Å². The van der Waals surface area contributed by atoms with Crippen LogP contribution in [0.2, 0.25) is 0 Å². The smallest absolute Gasteiger partial charge is 0.430 e. The summed E-state index contributed by atoms with van der Waals surface area (Å²) in [6, 6.07) is -0.219. The number of amides is 1. The van der Waals surface area contributed by atoms with E-state index in [1.54, 1.807) is 6.08 Å². The first-order valence-electron chi connectivity index (χ1n) is 14.1. The number of esters is 1. The van der Waals surface area contributed by atoms with Crippen LogP contribution in [-0.2, 0) is 19.1 Å². The number of halogens is 3. The monoisotopic (exact) mass is 610 g/mol. The molecule has 1 amide bonds. The molecule has 0 spiro atoms. The second-order valence-corrected chi connectivity index (χ2v) is 11.6. The summed E-state index contributed by atoms with van der Waals surface area (Å²) in [5.41, 5.74) is 7.28. The van der Waals surface area contributed by atoms with Crippen LogP contribution in [0.3, 0.4) is 0 Å². The Balaban J connectivity index is 0.00000117. The minimum absolute atomic E-state index is 0.0275. The Morgan fingerprint density at radius 3 is 2.33 bits per heavy atom. The molecule has 0 saturated heterocycles. The highest BCUT2D eigenvalue weighted by atomic mass is 19.4. The van der Waals surface area contributed by atoms with Crippen molar-refractivity contribution in [2.45, 2.75) is 79.3 Å². The van der Waals surface area contributed by atoms with Crippen LogP contribution in [0, 0.1) is 23.2 Å². The molecule has 0 bridgehead atoms. The van der Waals surface area contributed by atoms with E-state index < -0.39 is 24.3 Å². The summed E-state index contributed by atoms with van der Waals surface area (Å²) >= 11 is 0. The number of carboxylic acids is 1. The maximum absolute atomic E-state index is 12.1. The molecule has 5 N–H and O–H groups in total. The molecule has 1 heterocycles. The fourth-order valence-electron chi connectivity index (χ4n) is 5.17. The Hall–Kier alpha value is -3.44. The van der Waals surface area contributed by atoms with Crippen molar-refractivity contribution in [1.82, 2.24) is 5.32 Å². The van der Waals surface area contributed by atoms with Gasteiger partial charge in [-0.3, -0.25) is 4.79 Å². The van der Waals surface area contributed by atoms with Crippen LogP contribution in [-0.4, -0.2) is 53.9 Å². The Kier molecular flexibility index (Phi) is 14.4. The fourth-order valence-corrected chi connectivity index (χ4v) is 5.17. The van der Waals surface area contributed by atoms with Gasteiger partial charge in [-0.15, -0.1) is 0 Å². The van der Waals surface area contributed by atoms with Gasteiger partial charge in [0.15, 0.2) is 0 Å². The predicted molar refractivity (Wildman–Crippen MR) is 156 cm³/mol. The number of hydrogen-bond donors (Lipinski definition) is 3. The number of carboxylic acid groups (broad SMARTS) is 1. The molecule has 1 aliphatic carbocycles. The topological polar surface area (TPSA) is 143 Å². The molecule has 240 valence electrons. The lowest BCUT2D eigenvalue weighted by atomic mass is 9.62. The van der Waals surface area contributed by atoms with Crippen LogP contribution in [0.15, 0.2) is 71.4 Å². The summed E-state index contributed by atoms with van der Waals surface area (Å²) in [5.74, 6) is -3.69. The maximum Gasteiger partial charge on any atom is 0.430 e. The zero-order chi connectivity index (χ0) is 33.1. The van der Waals surface area contributed by atoms with Crippen molar-refractivity contribution in [2.24, 2.45) is 23.2 Å². The number of aliphatic carboxylic acids is 1. The molecule has 7 atom stereocenters. The van der Waals surface area contributed by atoms with Crippen LogP contribution in [0.4, 0.5) is 13.2 Å². The number of nitrogens with one attached hydrogen (secondary N) is 1. The van der Waals surface area contributed by atoms with Gasteiger partial charge < -0.3 is 30.8 Å². The first kappa shape index (κ1) is 37.6. The van der Waals surface area contributed by atoms with E-state index in [-0.39, 0.29) is 47.7 Å². The molecule has 0 aromatic rings. The molecular formula is C32H45F3N2O6. The minimum atomic E-state index is -5.19. The number of carbonyl (C=O) groups excluding carboxylic acids is 3. The third-order valence-electron chi connectivity index (χ3n) is 7.44. The largest absolute Gasteiger partial charge is 0.542 e. The summed E-state index contributed by atoms with van der Waals surface area (Å²) in [5, 5.41) is 22.9. The molecule has 0 aromatic heterocycles. The number of cyclic esters (lactones) is 1. The number of aliphatic hydroxyl groups excluding tert-OH is 1. The minimum Gasteiger partial charge on any atom is -0.542 e. The van der Waals surface area contributed by atoms with Gasteiger partial charge in [-0.1, -0.05) is 80.0 Å². The number of carbonyl (C=O) groups is 3. The number of alkyl halides is 3. The number of hydrogen-bond acceptors (Lipinski definition) is 6. The van der Waals surface area contributed by atoms with Crippen LogP contribution >= 0.6 is 0 Å². The third-order valence-corrected chi connectivity index (χ3v) is 7.44. The van der Waals surface area contributed by atoms with Crippen molar-refractivity contribution in [3.05, 3.63) is 71.4 Å². The molecule has 4 unspecified atom stereocenters. The molecule has 0 radical (unpaired) electrons. The SMILES string of the molecule is CC(=O)N[C@H](C)[C@@H](O)[C@H](C)/C1=C(C)/C=C\C(C)COC(=O)\C=C/C=C(C)\C=C/C2(C)CC([NH3+])C=CC12.O=C([O-])C(F)(F)F. The highest BCUT2D eigenvalue weighted by Crippen LogP contribution is 2.46. The summed E-state index contributed by atoms with van der Waals surface area (Å²) < 4.78 is 36.9. The number of allylic oxidation sites excluding steroid dienone is 8. The van der Waals surface area contributed by atoms with Crippen molar-refractivity contribution in [3.8, 4) is 0 Å². The molecule has 43 heavy (non-hydrogen) atoms. The van der Waals surface area contributed by atoms with E-state index in [4.69, 9.17) is 14.6 Å². The molecule has 8 nitrogen and oxygen atoms in total. The molecular weight excluding hydrogens is 565 g/mol. The average molecular weight is 611 g/mol. The van der Waals surface area contributed by atoms with Gasteiger partial charge >= 0.3 is 12.1 Å². The lowest BCUT2D eigenvalue weighted by molar-refractivity contribution is -0.409. The summed E-state index contributed by atoms with van der Waals surface area (Å²) in [4.78, 5) is 32.5. The van der Waals surface area contributed by atoms with Crippen LogP contribution in [0.1, 0.15) is 54.9 Å². The molecule has 2 aliphatic rings. The van der Waals surface area contributed by atoms with E-state index in [2.05, 4.69) is 55.3 Å². The Labute approximate surface area is 251 Å². The highest BCUT2D eigenvalue weighted by molar-refractivity contribution is 5.82. The van der Waals surface area contributed by atoms with E-state index in [9.17, 15) is 27.9 Å². The van der Waals surface area contributed by atoms with Gasteiger partial charge in [-0.2, -0.15) is 13.2 Å². The van der Waals surface area contributed by atoms with Crippen molar-refractivity contribution in [2.75, 3.05) is 6.61 Å².